The molecule has 10 heteroatoms. The first-order valence-corrected chi connectivity index (χ1v) is 16.4. The highest BCUT2D eigenvalue weighted by atomic mass is 32.2. The van der Waals surface area contributed by atoms with E-state index in [4.69, 9.17) is 8.92 Å². The van der Waals surface area contributed by atoms with Crippen LogP contribution in [-0.4, -0.2) is 38.6 Å². The van der Waals surface area contributed by atoms with Crippen molar-refractivity contribution < 1.29 is 36.5 Å². The molecule has 0 spiro atoms. The summed E-state index contributed by atoms with van der Waals surface area (Å²) in [6.07, 6.45) is 2.03. The number of carbonyl (C=O) groups excluding carboxylic acids is 4. The summed E-state index contributed by atoms with van der Waals surface area (Å²) in [7, 11) is -4.05. The van der Waals surface area contributed by atoms with E-state index in [-0.39, 0.29) is 51.1 Å². The van der Waals surface area contributed by atoms with E-state index in [2.05, 4.69) is 0 Å². The number of fused-ring (bicyclic) bond motifs is 1. The van der Waals surface area contributed by atoms with Crippen LogP contribution in [0.5, 0.6) is 5.75 Å². The molecular weight excluding hydrogens is 606 g/mol. The maximum Gasteiger partial charge on any atom is 0.339 e. The molecule has 0 N–H and O–H groups in total. The number of benzene rings is 4. The molecule has 2 aliphatic rings. The molecule has 0 unspecified atom stereocenters. The Hall–Kier alpha value is -5.09. The molecule has 1 saturated carbocycles. The van der Waals surface area contributed by atoms with Crippen LogP contribution in [0.25, 0.3) is 0 Å². The maximum atomic E-state index is 13.5. The van der Waals surface area contributed by atoms with Crippen LogP contribution in [0.4, 0.5) is 5.69 Å². The SMILES string of the molecule is Cc1ccc(S(=O)(=O)Oc2ccc(C(=O)COC(=O)c3cccc(N4C(=O)[C@H]5C[C@H](c6ccccc6)CC[C@H]5C4=O)c3)cc2)cc1. The van der Waals surface area contributed by atoms with Crippen LogP contribution < -0.4 is 9.08 Å². The number of aryl methyl sites for hydroxylation is 1. The highest BCUT2D eigenvalue weighted by Gasteiger charge is 2.50. The number of carbonyl (C=O) groups is 4. The van der Waals surface area contributed by atoms with Crippen molar-refractivity contribution >= 4 is 39.4 Å². The summed E-state index contributed by atoms with van der Waals surface area (Å²) in [6, 6.07) is 27.7. The third kappa shape index (κ3) is 6.34. The average Bonchev–Trinajstić information content (AvgIpc) is 3.32. The topological polar surface area (TPSA) is 124 Å². The zero-order chi connectivity index (χ0) is 32.4. The molecule has 1 aliphatic carbocycles. The summed E-state index contributed by atoms with van der Waals surface area (Å²) in [6.45, 7) is 1.27. The first-order valence-electron chi connectivity index (χ1n) is 14.9. The Morgan fingerprint density at radius 3 is 2.20 bits per heavy atom. The second-order valence-corrected chi connectivity index (χ2v) is 13.1. The van der Waals surface area contributed by atoms with E-state index in [1.165, 1.54) is 53.4 Å². The third-order valence-corrected chi connectivity index (χ3v) is 9.82. The van der Waals surface area contributed by atoms with Crippen LogP contribution in [0.3, 0.4) is 0 Å². The minimum atomic E-state index is -4.05. The number of amides is 2. The van der Waals surface area contributed by atoms with Gasteiger partial charge in [-0.15, -0.1) is 0 Å². The normalized spacial score (nSPS) is 19.4. The van der Waals surface area contributed by atoms with E-state index in [9.17, 15) is 27.6 Å². The molecule has 2 amide bonds. The lowest BCUT2D eigenvalue weighted by Gasteiger charge is -2.28. The molecule has 2 fully saturated rings. The summed E-state index contributed by atoms with van der Waals surface area (Å²) < 4.78 is 35.5. The second kappa shape index (κ2) is 12.7. The number of rotatable bonds is 9. The van der Waals surface area contributed by atoms with Gasteiger partial charge in [-0.1, -0.05) is 54.1 Å². The fourth-order valence-electron chi connectivity index (χ4n) is 6.11. The predicted molar refractivity (Wildman–Crippen MR) is 169 cm³/mol. The molecule has 3 atom stereocenters. The molecule has 9 nitrogen and oxygen atoms in total. The van der Waals surface area contributed by atoms with Gasteiger partial charge in [0.05, 0.1) is 23.1 Å². The Bertz CT molecular complexity index is 1900. The van der Waals surface area contributed by atoms with Crippen molar-refractivity contribution in [2.24, 2.45) is 11.8 Å². The highest BCUT2D eigenvalue weighted by Crippen LogP contribution is 2.45. The van der Waals surface area contributed by atoms with Gasteiger partial charge < -0.3 is 8.92 Å². The number of nitrogens with zero attached hydrogens (tertiary/aromatic N) is 1. The van der Waals surface area contributed by atoms with Gasteiger partial charge in [-0.3, -0.25) is 19.3 Å². The first kappa shape index (κ1) is 30.9. The minimum absolute atomic E-state index is 0.00255. The predicted octanol–water partition coefficient (Wildman–Crippen LogP) is 5.88. The van der Waals surface area contributed by atoms with E-state index in [1.807, 2.05) is 37.3 Å². The van der Waals surface area contributed by atoms with Crippen molar-refractivity contribution in [3.63, 3.8) is 0 Å². The summed E-state index contributed by atoms with van der Waals surface area (Å²) >= 11 is 0. The van der Waals surface area contributed by atoms with Crippen LogP contribution in [0.15, 0.2) is 108 Å². The van der Waals surface area contributed by atoms with Crippen molar-refractivity contribution in [3.8, 4) is 5.75 Å². The van der Waals surface area contributed by atoms with Gasteiger partial charge in [-0.2, -0.15) is 8.42 Å². The molecule has 4 aromatic rings. The van der Waals surface area contributed by atoms with Crippen LogP contribution >= 0.6 is 0 Å². The number of hydrogen-bond donors (Lipinski definition) is 0. The summed E-state index contributed by atoms with van der Waals surface area (Å²) in [5.41, 5.74) is 2.63. The Balaban J connectivity index is 1.07. The molecule has 1 saturated heterocycles. The van der Waals surface area contributed by atoms with Crippen LogP contribution in [0.1, 0.15) is 57.0 Å². The monoisotopic (exact) mass is 637 g/mol. The fraction of sp³-hybridized carbons (Fsp3) is 0.222. The van der Waals surface area contributed by atoms with Crippen LogP contribution in [-0.2, 0) is 24.4 Å². The Morgan fingerprint density at radius 1 is 0.783 bits per heavy atom. The quantitative estimate of drug-likeness (QED) is 0.0966. The molecule has 6 rings (SSSR count). The minimum Gasteiger partial charge on any atom is -0.454 e. The van der Waals surface area contributed by atoms with Crippen molar-refractivity contribution in [1.29, 1.82) is 0 Å². The number of anilines is 1. The Kier molecular flexibility index (Phi) is 8.55. The van der Waals surface area contributed by atoms with Gasteiger partial charge in [0, 0.05) is 5.56 Å². The van der Waals surface area contributed by atoms with Crippen molar-refractivity contribution in [2.75, 3.05) is 11.5 Å². The van der Waals surface area contributed by atoms with Gasteiger partial charge in [0.1, 0.15) is 10.6 Å². The molecule has 0 radical (unpaired) electrons. The van der Waals surface area contributed by atoms with Crippen LogP contribution in [0.2, 0.25) is 0 Å². The zero-order valence-corrected chi connectivity index (χ0v) is 25.8. The number of imide groups is 1. The first-order chi connectivity index (χ1) is 22.1. The van der Waals surface area contributed by atoms with Gasteiger partial charge in [-0.25, -0.2) is 4.79 Å². The zero-order valence-electron chi connectivity index (χ0n) is 25.0. The lowest BCUT2D eigenvalue weighted by molar-refractivity contribution is -0.122. The van der Waals surface area contributed by atoms with E-state index < -0.39 is 34.4 Å². The molecule has 234 valence electrons. The lowest BCUT2D eigenvalue weighted by Crippen LogP contribution is -2.31. The van der Waals surface area contributed by atoms with Crippen LogP contribution in [0, 0.1) is 18.8 Å². The molecule has 0 aromatic heterocycles. The molecule has 1 aliphatic heterocycles. The molecule has 46 heavy (non-hydrogen) atoms. The Labute approximate surface area is 266 Å². The number of Topliss-reactive ketones (excluding diaryl/α,β-unsaturated/α-hetero) is 1. The van der Waals surface area contributed by atoms with E-state index >= 15 is 0 Å². The highest BCUT2D eigenvalue weighted by molar-refractivity contribution is 7.87. The van der Waals surface area contributed by atoms with E-state index in [1.54, 1.807) is 24.3 Å². The average molecular weight is 638 g/mol. The number of ketones is 1. The van der Waals surface area contributed by atoms with E-state index in [0.29, 0.717) is 12.8 Å². The molecular formula is C36H31NO8S. The van der Waals surface area contributed by atoms with Gasteiger partial charge in [-0.05, 0) is 92.3 Å². The second-order valence-electron chi connectivity index (χ2n) is 11.6. The Morgan fingerprint density at radius 2 is 1.48 bits per heavy atom. The van der Waals surface area contributed by atoms with Gasteiger partial charge >= 0.3 is 16.1 Å². The smallest absolute Gasteiger partial charge is 0.339 e. The maximum absolute atomic E-state index is 13.5. The van der Waals surface area contributed by atoms with Gasteiger partial charge in [0.15, 0.2) is 12.4 Å². The summed E-state index contributed by atoms with van der Waals surface area (Å²) in [5.74, 6) is -2.42. The van der Waals surface area contributed by atoms with Gasteiger partial charge in [0.2, 0.25) is 11.8 Å². The fourth-order valence-corrected chi connectivity index (χ4v) is 7.04. The number of hydrogen-bond acceptors (Lipinski definition) is 8. The van der Waals surface area contributed by atoms with E-state index in [0.717, 1.165) is 17.5 Å². The summed E-state index contributed by atoms with van der Waals surface area (Å²) in [5, 5.41) is 0. The number of ether oxygens (including phenoxy) is 1. The molecule has 0 bridgehead atoms. The number of esters is 1. The largest absolute Gasteiger partial charge is 0.454 e. The van der Waals surface area contributed by atoms with Crippen molar-refractivity contribution in [1.82, 2.24) is 0 Å². The third-order valence-electron chi connectivity index (χ3n) is 8.56. The summed E-state index contributed by atoms with van der Waals surface area (Å²) in [4.78, 5) is 53.6. The van der Waals surface area contributed by atoms with Crippen molar-refractivity contribution in [3.05, 3.63) is 125 Å². The standard InChI is InChI=1S/C36H31NO8S/c1-23-10-17-30(18-11-23)46(42,43)45-29-15-12-25(13-16-29)33(38)22-44-36(41)27-8-5-9-28(20-27)37-34(39)31-19-14-26(21-32(31)35(37)40)24-6-3-2-4-7-24/h2-13,15-18,20,26,31-32H,14,19,21-22H2,1H3/t26-,31-,32+/m1/s1. The molecule has 4 aromatic carbocycles. The molecule has 1 heterocycles. The van der Waals surface area contributed by atoms with Gasteiger partial charge in [0.25, 0.3) is 0 Å². The van der Waals surface area contributed by atoms with Crippen molar-refractivity contribution in [2.45, 2.75) is 37.0 Å². The lowest BCUT2D eigenvalue weighted by atomic mass is 9.73.